The Bertz CT molecular complexity index is 1160. The second-order valence-corrected chi connectivity index (χ2v) is 18.0. The first-order valence-electron chi connectivity index (χ1n) is 24.7. The minimum absolute atomic E-state index is 0.0174. The molecule has 0 aliphatic rings. The average Bonchev–Trinajstić information content (AvgIpc) is 3.24. The summed E-state index contributed by atoms with van der Waals surface area (Å²) in [7, 11) is -4.62. The van der Waals surface area contributed by atoms with Gasteiger partial charge in [-0.25, -0.2) is 4.57 Å². The Labute approximate surface area is 373 Å². The largest absolute Gasteiger partial charge is 0.480 e. The zero-order valence-electron chi connectivity index (χ0n) is 39.0. The van der Waals surface area contributed by atoms with E-state index in [1.807, 2.05) is 0 Å². The number of phosphoric acid groups is 1. The first-order valence-corrected chi connectivity index (χ1v) is 26.2. The number of carboxylic acid groups (broad SMARTS) is 1. The zero-order valence-corrected chi connectivity index (χ0v) is 39.9. The van der Waals surface area contributed by atoms with Gasteiger partial charge in [0.25, 0.3) is 0 Å². The SMILES string of the molecule is CC/C=C\C/C=C\C/C=C\C/C=C\CCCCCCCCCCCCC(=O)OC(COCCCCCCCCCCCCCCCCCC)COP(=O)(O)OCC(N)C(=O)O. The molecule has 3 atom stereocenters. The third-order valence-electron chi connectivity index (χ3n) is 10.6. The monoisotopic (exact) mass is 882 g/mol. The third kappa shape index (κ3) is 45.8. The van der Waals surface area contributed by atoms with Crippen molar-refractivity contribution in [3.8, 4) is 0 Å². The van der Waals surface area contributed by atoms with Gasteiger partial charge in [0.2, 0.25) is 0 Å². The lowest BCUT2D eigenvalue weighted by Crippen LogP contribution is -2.34. The summed E-state index contributed by atoms with van der Waals surface area (Å²) < 4.78 is 33.5. The molecule has 10 nitrogen and oxygen atoms in total. The van der Waals surface area contributed by atoms with Crippen molar-refractivity contribution in [3.63, 3.8) is 0 Å². The van der Waals surface area contributed by atoms with E-state index < -0.39 is 45.1 Å². The number of carbonyl (C=O) groups excluding carboxylic acids is 1. The van der Waals surface area contributed by atoms with Crippen LogP contribution in [0.3, 0.4) is 0 Å². The summed E-state index contributed by atoms with van der Waals surface area (Å²) in [5.74, 6) is -1.78. The van der Waals surface area contributed by atoms with E-state index >= 15 is 0 Å². The minimum atomic E-state index is -4.62. The lowest BCUT2D eigenvalue weighted by Gasteiger charge is -2.20. The van der Waals surface area contributed by atoms with Crippen molar-refractivity contribution in [1.82, 2.24) is 0 Å². The Morgan fingerprint density at radius 1 is 0.541 bits per heavy atom. The fourth-order valence-electron chi connectivity index (χ4n) is 6.83. The minimum Gasteiger partial charge on any atom is -0.480 e. The highest BCUT2D eigenvalue weighted by atomic mass is 31.2. The predicted octanol–water partition coefficient (Wildman–Crippen LogP) is 14.2. The molecule has 11 heteroatoms. The zero-order chi connectivity index (χ0) is 44.8. The molecule has 3 unspecified atom stereocenters. The lowest BCUT2D eigenvalue weighted by atomic mass is 10.0. The summed E-state index contributed by atoms with van der Waals surface area (Å²) in [4.78, 5) is 33.7. The Kier molecular flexibility index (Phi) is 44.4. The predicted molar refractivity (Wildman–Crippen MR) is 254 cm³/mol. The van der Waals surface area contributed by atoms with Crippen LogP contribution < -0.4 is 5.73 Å². The molecule has 0 aromatic carbocycles. The number of hydrogen-bond donors (Lipinski definition) is 3. The van der Waals surface area contributed by atoms with Gasteiger partial charge in [-0.05, 0) is 51.4 Å². The molecule has 0 bridgehead atoms. The summed E-state index contributed by atoms with van der Waals surface area (Å²) in [5, 5.41) is 8.92. The maximum atomic E-state index is 12.7. The number of esters is 1. The molecule has 0 fully saturated rings. The van der Waals surface area contributed by atoms with Gasteiger partial charge in [-0.1, -0.05) is 210 Å². The molecule has 61 heavy (non-hydrogen) atoms. The number of hydrogen-bond acceptors (Lipinski definition) is 8. The second-order valence-electron chi connectivity index (χ2n) is 16.6. The van der Waals surface area contributed by atoms with Gasteiger partial charge < -0.3 is 25.2 Å². The van der Waals surface area contributed by atoms with Gasteiger partial charge in [0.15, 0.2) is 0 Å². The second kappa shape index (κ2) is 45.9. The van der Waals surface area contributed by atoms with E-state index in [-0.39, 0.29) is 13.0 Å². The number of nitrogens with two attached hydrogens (primary N) is 1. The molecule has 0 radical (unpaired) electrons. The van der Waals surface area contributed by atoms with Crippen LogP contribution >= 0.6 is 7.82 Å². The van der Waals surface area contributed by atoms with Crippen LogP contribution in [0.5, 0.6) is 0 Å². The maximum absolute atomic E-state index is 12.7. The van der Waals surface area contributed by atoms with Gasteiger partial charge in [-0.2, -0.15) is 0 Å². The molecule has 0 spiro atoms. The van der Waals surface area contributed by atoms with Crippen molar-refractivity contribution >= 4 is 19.8 Å². The van der Waals surface area contributed by atoms with Crippen LogP contribution in [0.2, 0.25) is 0 Å². The number of unbranched alkanes of at least 4 members (excludes halogenated alkanes) is 25. The van der Waals surface area contributed by atoms with Crippen LogP contribution in [0.1, 0.15) is 219 Å². The molecule has 0 amide bonds. The molecule has 0 aromatic rings. The number of ether oxygens (including phenoxy) is 2. The molecular formula is C50H92NO9P. The van der Waals surface area contributed by atoms with Crippen molar-refractivity contribution in [1.29, 1.82) is 0 Å². The van der Waals surface area contributed by atoms with Gasteiger partial charge in [0, 0.05) is 13.0 Å². The van der Waals surface area contributed by atoms with Crippen LogP contribution in [0.25, 0.3) is 0 Å². The fourth-order valence-corrected chi connectivity index (χ4v) is 7.61. The van der Waals surface area contributed by atoms with Gasteiger partial charge in [0.1, 0.15) is 12.1 Å². The number of aliphatic carboxylic acids is 1. The summed E-state index contributed by atoms with van der Waals surface area (Å²) in [5.41, 5.74) is 5.37. The maximum Gasteiger partial charge on any atom is 0.472 e. The molecule has 4 N–H and O–H groups in total. The Morgan fingerprint density at radius 3 is 1.43 bits per heavy atom. The Hall–Kier alpha value is -2.07. The van der Waals surface area contributed by atoms with Gasteiger partial charge in [-0.3, -0.25) is 18.6 Å². The van der Waals surface area contributed by atoms with Crippen molar-refractivity contribution in [2.45, 2.75) is 231 Å². The molecule has 0 heterocycles. The molecule has 0 rings (SSSR count). The average molecular weight is 882 g/mol. The van der Waals surface area contributed by atoms with E-state index in [0.29, 0.717) is 13.0 Å². The van der Waals surface area contributed by atoms with Crippen LogP contribution in [0.4, 0.5) is 0 Å². The summed E-state index contributed by atoms with van der Waals surface area (Å²) in [6.07, 6.45) is 54.5. The summed E-state index contributed by atoms with van der Waals surface area (Å²) in [6, 6.07) is -1.47. The smallest absolute Gasteiger partial charge is 0.472 e. The van der Waals surface area contributed by atoms with E-state index in [2.05, 4.69) is 62.5 Å². The highest BCUT2D eigenvalue weighted by molar-refractivity contribution is 7.47. The molecular weight excluding hydrogens is 790 g/mol. The van der Waals surface area contributed by atoms with Crippen LogP contribution in [0, 0.1) is 0 Å². The van der Waals surface area contributed by atoms with Crippen molar-refractivity contribution < 1.29 is 42.7 Å². The van der Waals surface area contributed by atoms with E-state index in [1.165, 1.54) is 122 Å². The number of allylic oxidation sites excluding steroid dienone is 8. The molecule has 0 aliphatic heterocycles. The molecule has 0 saturated heterocycles. The summed E-state index contributed by atoms with van der Waals surface area (Å²) in [6.45, 7) is 3.80. The quantitative estimate of drug-likeness (QED) is 0.0233. The van der Waals surface area contributed by atoms with Gasteiger partial charge >= 0.3 is 19.8 Å². The topological polar surface area (TPSA) is 155 Å². The van der Waals surface area contributed by atoms with E-state index in [0.717, 1.165) is 70.6 Å². The van der Waals surface area contributed by atoms with Crippen LogP contribution in [-0.4, -0.2) is 60.5 Å². The van der Waals surface area contributed by atoms with E-state index in [4.69, 9.17) is 29.4 Å². The van der Waals surface area contributed by atoms with Crippen molar-refractivity contribution in [2.24, 2.45) is 5.73 Å². The molecule has 356 valence electrons. The first kappa shape index (κ1) is 58.9. The number of carbonyl (C=O) groups is 2. The fraction of sp³-hybridized carbons (Fsp3) is 0.800. The summed E-state index contributed by atoms with van der Waals surface area (Å²) >= 11 is 0. The number of carboxylic acids is 1. The Balaban J connectivity index is 4.14. The van der Waals surface area contributed by atoms with Crippen LogP contribution in [-0.2, 0) is 32.7 Å². The first-order chi connectivity index (χ1) is 29.7. The number of phosphoric ester groups is 1. The number of rotatable bonds is 47. The highest BCUT2D eigenvalue weighted by Crippen LogP contribution is 2.43. The Morgan fingerprint density at radius 2 is 0.951 bits per heavy atom. The van der Waals surface area contributed by atoms with Gasteiger partial charge in [0.05, 0.1) is 19.8 Å². The standard InChI is InChI=1S/C50H92NO9P/c1-3-5-7-9-11-13-15-17-19-21-22-23-24-25-26-27-28-30-32-34-36-38-40-42-49(52)60-47(45-58-61(55,56)59-46-48(51)50(53)54)44-57-43-41-39-37-35-33-31-29-20-18-16-14-12-10-8-6-4-2/h5,7,11,13,17,19,22-23,47-48H,3-4,6,8-10,12,14-16,18,20-21,24-46,51H2,1-2H3,(H,53,54)(H,55,56)/b7-5-,13-11-,19-17-,23-22-. The normalized spacial score (nSPS) is 14.2. The highest BCUT2D eigenvalue weighted by Gasteiger charge is 2.27. The van der Waals surface area contributed by atoms with Crippen molar-refractivity contribution in [2.75, 3.05) is 26.4 Å². The molecule has 0 aromatic heterocycles. The van der Waals surface area contributed by atoms with Gasteiger partial charge in [-0.15, -0.1) is 0 Å². The molecule has 0 saturated carbocycles. The lowest BCUT2D eigenvalue weighted by molar-refractivity contribution is -0.154. The van der Waals surface area contributed by atoms with Crippen LogP contribution in [0.15, 0.2) is 48.6 Å². The third-order valence-corrected chi connectivity index (χ3v) is 11.6. The van der Waals surface area contributed by atoms with Crippen molar-refractivity contribution in [3.05, 3.63) is 48.6 Å². The van der Waals surface area contributed by atoms with E-state index in [9.17, 15) is 19.0 Å². The molecule has 0 aliphatic carbocycles. The van der Waals surface area contributed by atoms with E-state index in [1.54, 1.807) is 0 Å².